The smallest absolute Gasteiger partial charge is 0.238 e. The molecule has 0 aliphatic rings. The third kappa shape index (κ3) is 5.90. The van der Waals surface area contributed by atoms with Crippen molar-refractivity contribution in [2.24, 2.45) is 0 Å². The highest BCUT2D eigenvalue weighted by atomic mass is 15.2. The lowest BCUT2D eigenvalue weighted by Gasteiger charge is -2.15. The van der Waals surface area contributed by atoms with Crippen molar-refractivity contribution in [1.29, 1.82) is 0 Å². The Morgan fingerprint density at radius 1 is 0.274 bits per heavy atom. The average molecular weight is 792 g/mol. The lowest BCUT2D eigenvalue weighted by Crippen LogP contribution is -2.06. The van der Waals surface area contributed by atoms with E-state index in [0.717, 1.165) is 71.6 Å². The van der Waals surface area contributed by atoms with Gasteiger partial charge in [-0.2, -0.15) is 9.97 Å². The molecule has 0 saturated heterocycles. The Balaban J connectivity index is 1.06. The number of benzene rings is 9. The van der Waals surface area contributed by atoms with E-state index in [1.54, 1.807) is 0 Å². The van der Waals surface area contributed by atoms with Crippen molar-refractivity contribution in [1.82, 2.24) is 24.1 Å². The number of rotatable bonds is 7. The summed E-state index contributed by atoms with van der Waals surface area (Å²) in [5.41, 5.74) is 14.4. The quantitative estimate of drug-likeness (QED) is 0.162. The highest BCUT2D eigenvalue weighted by Crippen LogP contribution is 2.43. The Labute approximate surface area is 358 Å². The molecule has 290 valence electrons. The van der Waals surface area contributed by atoms with Gasteiger partial charge in [-0.25, -0.2) is 4.98 Å². The van der Waals surface area contributed by atoms with Crippen LogP contribution in [0.2, 0.25) is 0 Å². The van der Waals surface area contributed by atoms with E-state index in [4.69, 9.17) is 15.0 Å². The summed E-state index contributed by atoms with van der Waals surface area (Å²) in [7, 11) is 0. The van der Waals surface area contributed by atoms with Gasteiger partial charge >= 0.3 is 0 Å². The summed E-state index contributed by atoms with van der Waals surface area (Å²) >= 11 is 0. The van der Waals surface area contributed by atoms with Gasteiger partial charge in [0.25, 0.3) is 0 Å². The number of para-hydroxylation sites is 3. The maximum absolute atomic E-state index is 5.26. The predicted octanol–water partition coefficient (Wildman–Crippen LogP) is 14.4. The molecule has 0 saturated carbocycles. The molecule has 0 N–H and O–H groups in total. The predicted molar refractivity (Wildman–Crippen MR) is 256 cm³/mol. The van der Waals surface area contributed by atoms with E-state index in [1.807, 2.05) is 36.4 Å². The fourth-order valence-corrected chi connectivity index (χ4v) is 9.11. The summed E-state index contributed by atoms with van der Waals surface area (Å²) in [6.45, 7) is 0. The van der Waals surface area contributed by atoms with Gasteiger partial charge < -0.3 is 4.57 Å². The first kappa shape index (κ1) is 35.5. The number of nitrogens with zero attached hydrogens (tertiary/aromatic N) is 5. The molecule has 0 spiro atoms. The molecule has 0 atom stereocenters. The van der Waals surface area contributed by atoms with Crippen LogP contribution in [-0.4, -0.2) is 24.1 Å². The molecule has 9 aromatic carbocycles. The molecule has 0 radical (unpaired) electrons. The molecule has 0 aliphatic carbocycles. The fraction of sp³-hybridized carbons (Fsp3) is 0. The summed E-state index contributed by atoms with van der Waals surface area (Å²) in [4.78, 5) is 15.6. The highest BCUT2D eigenvalue weighted by molar-refractivity contribution is 6.26. The van der Waals surface area contributed by atoms with Crippen molar-refractivity contribution in [3.63, 3.8) is 0 Å². The number of fused-ring (bicyclic) bond motifs is 7. The Hall–Kier alpha value is -8.41. The molecule has 0 aliphatic heterocycles. The molecule has 0 unspecified atom stereocenters. The molecule has 5 nitrogen and oxygen atoms in total. The van der Waals surface area contributed by atoms with Crippen molar-refractivity contribution in [3.8, 4) is 67.8 Å². The Kier molecular flexibility index (Phi) is 8.42. The zero-order chi connectivity index (χ0) is 41.0. The van der Waals surface area contributed by atoms with Crippen molar-refractivity contribution < 1.29 is 0 Å². The molecular formula is C57H37N5. The van der Waals surface area contributed by atoms with Crippen molar-refractivity contribution in [2.45, 2.75) is 0 Å². The van der Waals surface area contributed by atoms with Gasteiger partial charge in [-0.05, 0) is 52.1 Å². The van der Waals surface area contributed by atoms with E-state index in [9.17, 15) is 0 Å². The first-order chi connectivity index (χ1) is 30.8. The van der Waals surface area contributed by atoms with Gasteiger partial charge in [0.05, 0.1) is 27.8 Å². The minimum atomic E-state index is 0.573. The van der Waals surface area contributed by atoms with Gasteiger partial charge in [-0.1, -0.05) is 200 Å². The summed E-state index contributed by atoms with van der Waals surface area (Å²) < 4.78 is 4.68. The van der Waals surface area contributed by atoms with Gasteiger partial charge in [0, 0.05) is 38.2 Å². The van der Waals surface area contributed by atoms with Crippen molar-refractivity contribution in [3.05, 3.63) is 224 Å². The third-order valence-electron chi connectivity index (χ3n) is 12.0. The molecule has 0 fully saturated rings. The van der Waals surface area contributed by atoms with Crippen LogP contribution in [0.1, 0.15) is 0 Å². The van der Waals surface area contributed by atoms with Gasteiger partial charge in [-0.3, -0.25) is 4.57 Å². The maximum Gasteiger partial charge on any atom is 0.238 e. The molecule has 3 heterocycles. The van der Waals surface area contributed by atoms with E-state index >= 15 is 0 Å². The lowest BCUT2D eigenvalue weighted by molar-refractivity contribution is 0.955. The first-order valence-electron chi connectivity index (χ1n) is 21.0. The van der Waals surface area contributed by atoms with E-state index in [2.05, 4.69) is 197 Å². The van der Waals surface area contributed by atoms with Gasteiger partial charge in [0.2, 0.25) is 5.95 Å². The van der Waals surface area contributed by atoms with Gasteiger partial charge in [0.1, 0.15) is 0 Å². The molecule has 0 amide bonds. The average Bonchev–Trinajstić information content (AvgIpc) is 3.88. The Morgan fingerprint density at radius 2 is 0.726 bits per heavy atom. The summed E-state index contributed by atoms with van der Waals surface area (Å²) in [5, 5.41) is 4.57. The number of hydrogen-bond acceptors (Lipinski definition) is 3. The first-order valence-corrected chi connectivity index (χ1v) is 21.0. The van der Waals surface area contributed by atoms with Crippen LogP contribution >= 0.6 is 0 Å². The van der Waals surface area contributed by atoms with E-state index < -0.39 is 0 Å². The molecule has 12 aromatic rings. The standard InChI is InChI=1S/C57H37N5/c1-4-16-38(17-5-1)39-28-30-40(31-29-39)41-32-34-42(35-33-41)45-22-10-13-25-49(45)61-51-27-15-12-24-48(51)53-52(61)37-36-47-46-23-11-14-26-50(46)62(54(47)53)57-59-55(43-18-6-2-7-19-43)58-56(60-57)44-20-8-3-9-21-44/h1-37H. The fourth-order valence-electron chi connectivity index (χ4n) is 9.11. The van der Waals surface area contributed by atoms with Crippen LogP contribution < -0.4 is 0 Å². The molecule has 5 heteroatoms. The monoisotopic (exact) mass is 791 g/mol. The second-order valence-electron chi connectivity index (χ2n) is 15.6. The van der Waals surface area contributed by atoms with E-state index in [-0.39, 0.29) is 0 Å². The lowest BCUT2D eigenvalue weighted by atomic mass is 9.97. The minimum absolute atomic E-state index is 0.573. The highest BCUT2D eigenvalue weighted by Gasteiger charge is 2.24. The SMILES string of the molecule is c1ccc(-c2ccc(-c3ccc(-c4ccccc4-n4c5ccccc5c5c4ccc4c6ccccc6n(-c6nc(-c7ccccc7)nc(-c7ccccc7)n6)c45)cc3)cc2)cc1. The van der Waals surface area contributed by atoms with Crippen LogP contribution in [0.5, 0.6) is 0 Å². The van der Waals surface area contributed by atoms with E-state index in [1.165, 1.54) is 22.3 Å². The van der Waals surface area contributed by atoms with Crippen LogP contribution in [0, 0.1) is 0 Å². The number of hydrogen-bond donors (Lipinski definition) is 0. The van der Waals surface area contributed by atoms with Gasteiger partial charge in [0.15, 0.2) is 11.6 Å². The van der Waals surface area contributed by atoms with Crippen LogP contribution in [-0.2, 0) is 0 Å². The second-order valence-corrected chi connectivity index (χ2v) is 15.6. The second kappa shape index (κ2) is 14.7. The zero-order valence-corrected chi connectivity index (χ0v) is 33.6. The Morgan fingerprint density at radius 3 is 1.32 bits per heavy atom. The minimum Gasteiger partial charge on any atom is -0.309 e. The Bertz CT molecular complexity index is 3530. The molecule has 0 bridgehead atoms. The molecule has 62 heavy (non-hydrogen) atoms. The van der Waals surface area contributed by atoms with Crippen LogP contribution in [0.15, 0.2) is 224 Å². The summed E-state index contributed by atoms with van der Waals surface area (Å²) in [6.07, 6.45) is 0. The maximum atomic E-state index is 5.26. The van der Waals surface area contributed by atoms with E-state index in [0.29, 0.717) is 17.6 Å². The largest absolute Gasteiger partial charge is 0.309 e. The summed E-state index contributed by atoms with van der Waals surface area (Å²) in [5.74, 6) is 1.82. The van der Waals surface area contributed by atoms with Crippen molar-refractivity contribution in [2.75, 3.05) is 0 Å². The summed E-state index contributed by atoms with van der Waals surface area (Å²) in [6, 6.07) is 79.3. The topological polar surface area (TPSA) is 48.5 Å². The normalized spacial score (nSPS) is 11.5. The van der Waals surface area contributed by atoms with Crippen LogP contribution in [0.25, 0.3) is 111 Å². The van der Waals surface area contributed by atoms with Crippen LogP contribution in [0.3, 0.4) is 0 Å². The van der Waals surface area contributed by atoms with Crippen molar-refractivity contribution >= 4 is 43.6 Å². The van der Waals surface area contributed by atoms with Crippen LogP contribution in [0.4, 0.5) is 0 Å². The molecule has 3 aromatic heterocycles. The molecular weight excluding hydrogens is 755 g/mol. The number of aromatic nitrogens is 5. The third-order valence-corrected chi connectivity index (χ3v) is 12.0. The van der Waals surface area contributed by atoms with Gasteiger partial charge in [-0.15, -0.1) is 0 Å². The zero-order valence-electron chi connectivity index (χ0n) is 33.6. The molecule has 12 rings (SSSR count).